The molecule has 0 aliphatic carbocycles. The number of hydrogen-bond acceptors (Lipinski definition) is 7. The van der Waals surface area contributed by atoms with E-state index < -0.39 is 11.9 Å². The zero-order valence-corrected chi connectivity index (χ0v) is 17.2. The molecule has 1 fully saturated rings. The first-order valence-corrected chi connectivity index (χ1v) is 9.39. The number of hydrogen-bond donors (Lipinski definition) is 2. The molecule has 1 heterocycles. The van der Waals surface area contributed by atoms with Crippen LogP contribution in [0.25, 0.3) is 0 Å². The number of aliphatic hydroxyl groups is 2. The molecule has 3 rings (SSSR count). The fourth-order valence-electron chi connectivity index (χ4n) is 3.77. The Hall–Kier alpha value is -2.48. The van der Waals surface area contributed by atoms with E-state index in [0.717, 1.165) is 11.1 Å². The summed E-state index contributed by atoms with van der Waals surface area (Å²) in [6.07, 6.45) is -0.547. The molecule has 1 saturated heterocycles. The highest BCUT2D eigenvalue weighted by atomic mass is 16.6. The summed E-state index contributed by atoms with van der Waals surface area (Å²) in [5.74, 6) is 2.13. The molecule has 3 unspecified atom stereocenters. The summed E-state index contributed by atoms with van der Waals surface area (Å²) in [7, 11) is 6.29. The molecule has 7 heteroatoms. The lowest BCUT2D eigenvalue weighted by Crippen LogP contribution is -2.46. The van der Waals surface area contributed by atoms with Crippen LogP contribution in [0.4, 0.5) is 0 Å². The van der Waals surface area contributed by atoms with E-state index in [1.165, 1.54) is 0 Å². The van der Waals surface area contributed by atoms with E-state index >= 15 is 0 Å². The molecule has 0 spiro atoms. The van der Waals surface area contributed by atoms with Crippen LogP contribution in [0.3, 0.4) is 0 Å². The van der Waals surface area contributed by atoms with Gasteiger partial charge in [0.15, 0.2) is 29.3 Å². The van der Waals surface area contributed by atoms with Crippen molar-refractivity contribution in [3.63, 3.8) is 0 Å². The maximum absolute atomic E-state index is 11.3. The maximum Gasteiger partial charge on any atom is 0.184 e. The molecule has 2 aromatic carbocycles. The van der Waals surface area contributed by atoms with Gasteiger partial charge in [0, 0.05) is 12.3 Å². The van der Waals surface area contributed by atoms with E-state index in [0.29, 0.717) is 29.4 Å². The molecule has 1 aliphatic heterocycles. The second-order valence-corrected chi connectivity index (χ2v) is 7.13. The number of ether oxygens (including phenoxy) is 5. The highest BCUT2D eigenvalue weighted by molar-refractivity contribution is 5.44. The van der Waals surface area contributed by atoms with E-state index in [1.807, 2.05) is 24.3 Å². The van der Waals surface area contributed by atoms with Crippen molar-refractivity contribution in [1.29, 1.82) is 0 Å². The predicted molar refractivity (Wildman–Crippen MR) is 107 cm³/mol. The Bertz CT molecular complexity index is 838. The lowest BCUT2D eigenvalue weighted by Gasteiger charge is -2.31. The standard InChI is InChI=1S/C22H28O7/c1-25-17-7-5-14(10-19(17)27-3)9-16-13-29-21(23)22(16,24)12-15-6-8-18(26-2)20(11-15)28-4/h5-8,10-11,16,21,23-24H,9,12-13H2,1-4H3. The number of rotatable bonds is 8. The minimum Gasteiger partial charge on any atom is -0.493 e. The molecule has 1 aliphatic rings. The Balaban J connectivity index is 1.83. The van der Waals surface area contributed by atoms with Crippen molar-refractivity contribution in [3.05, 3.63) is 47.5 Å². The molecular formula is C22H28O7. The second kappa shape index (κ2) is 8.90. The normalized spacial score (nSPS) is 23.7. The fraction of sp³-hybridized carbons (Fsp3) is 0.455. The lowest BCUT2D eigenvalue weighted by molar-refractivity contribution is -0.163. The molecule has 2 N–H and O–H groups in total. The van der Waals surface area contributed by atoms with Gasteiger partial charge in [-0.15, -0.1) is 0 Å². The average Bonchev–Trinajstić information content (AvgIpc) is 3.01. The van der Waals surface area contributed by atoms with Crippen molar-refractivity contribution in [1.82, 2.24) is 0 Å². The summed E-state index contributed by atoms with van der Waals surface area (Å²) in [6.45, 7) is 0.249. The van der Waals surface area contributed by atoms with Crippen LogP contribution in [-0.2, 0) is 17.6 Å². The van der Waals surface area contributed by atoms with E-state index in [2.05, 4.69) is 0 Å². The van der Waals surface area contributed by atoms with Crippen LogP contribution < -0.4 is 18.9 Å². The van der Waals surface area contributed by atoms with Crippen LogP contribution in [0.2, 0.25) is 0 Å². The van der Waals surface area contributed by atoms with Crippen molar-refractivity contribution >= 4 is 0 Å². The zero-order chi connectivity index (χ0) is 21.0. The Kier molecular flexibility index (Phi) is 6.52. The van der Waals surface area contributed by atoms with E-state index in [-0.39, 0.29) is 18.9 Å². The SMILES string of the molecule is COc1ccc(CC2COC(O)C2(O)Cc2ccc(OC)c(OC)c2)cc1OC. The first kappa shape index (κ1) is 21.2. The molecular weight excluding hydrogens is 376 g/mol. The molecule has 2 aromatic rings. The van der Waals surface area contributed by atoms with Gasteiger partial charge >= 0.3 is 0 Å². The summed E-state index contributed by atoms with van der Waals surface area (Å²) >= 11 is 0. The molecule has 158 valence electrons. The first-order valence-electron chi connectivity index (χ1n) is 9.39. The van der Waals surface area contributed by atoms with Crippen LogP contribution in [0.1, 0.15) is 11.1 Å². The highest BCUT2D eigenvalue weighted by Crippen LogP contribution is 2.38. The molecule has 29 heavy (non-hydrogen) atoms. The quantitative estimate of drug-likeness (QED) is 0.698. The molecule has 0 saturated carbocycles. The summed E-state index contributed by atoms with van der Waals surface area (Å²) in [5.41, 5.74) is 0.329. The van der Waals surface area contributed by atoms with E-state index in [1.54, 1.807) is 40.6 Å². The monoisotopic (exact) mass is 404 g/mol. The van der Waals surface area contributed by atoms with Gasteiger partial charge in [0.05, 0.1) is 35.0 Å². The van der Waals surface area contributed by atoms with Gasteiger partial charge in [-0.3, -0.25) is 0 Å². The zero-order valence-electron chi connectivity index (χ0n) is 17.2. The van der Waals surface area contributed by atoms with E-state index in [9.17, 15) is 10.2 Å². The summed E-state index contributed by atoms with van der Waals surface area (Å²) in [4.78, 5) is 0. The molecule has 0 aromatic heterocycles. The van der Waals surface area contributed by atoms with Gasteiger partial charge in [-0.1, -0.05) is 12.1 Å². The molecule has 7 nitrogen and oxygen atoms in total. The van der Waals surface area contributed by atoms with Gasteiger partial charge in [-0.25, -0.2) is 0 Å². The largest absolute Gasteiger partial charge is 0.493 e. The molecule has 0 radical (unpaired) electrons. The summed E-state index contributed by atoms with van der Waals surface area (Å²) in [5, 5.41) is 21.7. The van der Waals surface area contributed by atoms with Crippen molar-refractivity contribution in [2.24, 2.45) is 5.92 Å². The first-order chi connectivity index (χ1) is 13.9. The highest BCUT2D eigenvalue weighted by Gasteiger charge is 2.49. The maximum atomic E-state index is 11.3. The summed E-state index contributed by atoms with van der Waals surface area (Å²) in [6, 6.07) is 11.0. The van der Waals surface area contributed by atoms with Gasteiger partial charge in [0.1, 0.15) is 5.60 Å². The second-order valence-electron chi connectivity index (χ2n) is 7.13. The molecule has 0 bridgehead atoms. The van der Waals surface area contributed by atoms with Crippen molar-refractivity contribution in [2.45, 2.75) is 24.7 Å². The minimum atomic E-state index is -1.44. The van der Waals surface area contributed by atoms with Crippen molar-refractivity contribution in [3.8, 4) is 23.0 Å². The molecule has 3 atom stereocenters. The Morgan fingerprint density at radius 3 is 1.93 bits per heavy atom. The Labute approximate surface area is 170 Å². The number of methoxy groups -OCH3 is 4. The number of aliphatic hydroxyl groups excluding tert-OH is 1. The number of benzene rings is 2. The van der Waals surface area contributed by atoms with Crippen LogP contribution in [0.5, 0.6) is 23.0 Å². The van der Waals surface area contributed by atoms with Crippen LogP contribution in [-0.4, -0.2) is 57.2 Å². The van der Waals surface area contributed by atoms with Gasteiger partial charge in [0.25, 0.3) is 0 Å². The van der Waals surface area contributed by atoms with Crippen LogP contribution in [0, 0.1) is 5.92 Å². The minimum absolute atomic E-state index is 0.215. The predicted octanol–water partition coefficient (Wildman–Crippen LogP) is 2.20. The van der Waals surface area contributed by atoms with Gasteiger partial charge in [-0.05, 0) is 41.8 Å². The van der Waals surface area contributed by atoms with Crippen LogP contribution in [0.15, 0.2) is 36.4 Å². The lowest BCUT2D eigenvalue weighted by atomic mass is 9.80. The third kappa shape index (κ3) is 4.27. The van der Waals surface area contributed by atoms with Gasteiger partial charge in [-0.2, -0.15) is 0 Å². The average molecular weight is 404 g/mol. The Morgan fingerprint density at radius 1 is 0.862 bits per heavy atom. The van der Waals surface area contributed by atoms with Crippen molar-refractivity contribution in [2.75, 3.05) is 35.0 Å². The smallest absolute Gasteiger partial charge is 0.184 e. The molecule has 0 amide bonds. The Morgan fingerprint density at radius 2 is 1.38 bits per heavy atom. The van der Waals surface area contributed by atoms with Gasteiger partial charge in [0.2, 0.25) is 0 Å². The third-order valence-electron chi connectivity index (χ3n) is 5.46. The van der Waals surface area contributed by atoms with Gasteiger partial charge < -0.3 is 33.9 Å². The fourth-order valence-corrected chi connectivity index (χ4v) is 3.77. The van der Waals surface area contributed by atoms with Crippen LogP contribution >= 0.6 is 0 Å². The van der Waals surface area contributed by atoms with E-state index in [4.69, 9.17) is 23.7 Å². The topological polar surface area (TPSA) is 86.6 Å². The summed E-state index contributed by atoms with van der Waals surface area (Å²) < 4.78 is 26.7. The third-order valence-corrected chi connectivity index (χ3v) is 5.46. The van der Waals surface area contributed by atoms with Crippen molar-refractivity contribution < 1.29 is 33.9 Å².